The molecule has 0 N–H and O–H groups in total. The van der Waals surface area contributed by atoms with Crippen LogP contribution in [0.15, 0.2) is 6.08 Å². The van der Waals surface area contributed by atoms with Gasteiger partial charge in [0.25, 0.3) is 0 Å². The summed E-state index contributed by atoms with van der Waals surface area (Å²) >= 11 is 0. The summed E-state index contributed by atoms with van der Waals surface area (Å²) in [5, 5.41) is 0. The van der Waals surface area contributed by atoms with Crippen molar-refractivity contribution in [3.05, 3.63) is 28.9 Å². The molecule has 1 aliphatic carbocycles. The zero-order chi connectivity index (χ0) is 20.6. The summed E-state index contributed by atoms with van der Waals surface area (Å²) < 4.78 is 10.6. The summed E-state index contributed by atoms with van der Waals surface area (Å²) in [6.07, 6.45) is 2.74. The lowest BCUT2D eigenvalue weighted by atomic mass is 10.00. The zero-order valence-electron chi connectivity index (χ0n) is 17.5. The standard InChI is InChI=1S/C21H29N3O4/c1-7-27-19(25)17-12(2)22-18(23-13(17)3)14-8-15-10-24(11-16(15)9-14)20(26)28-21(4,5)6/h8,15-16H,7,9-11H2,1-6H3. The molecule has 0 radical (unpaired) electrons. The Bertz CT molecular complexity index is 802. The SMILES string of the molecule is CCOC(=O)c1c(C)nc(C2=CC3CN(C(=O)OC(C)(C)C)CC3C2)nc1C. The first-order valence-corrected chi connectivity index (χ1v) is 9.80. The molecule has 0 aromatic carbocycles. The van der Waals surface area contributed by atoms with Crippen LogP contribution >= 0.6 is 0 Å². The van der Waals surface area contributed by atoms with Gasteiger partial charge in [-0.25, -0.2) is 19.6 Å². The number of fused-ring (bicyclic) bond motifs is 1. The van der Waals surface area contributed by atoms with Gasteiger partial charge in [0.1, 0.15) is 11.2 Å². The first kappa shape index (κ1) is 20.3. The number of allylic oxidation sites excluding steroid dienone is 1. The molecule has 1 aliphatic heterocycles. The molecule has 2 heterocycles. The van der Waals surface area contributed by atoms with E-state index in [2.05, 4.69) is 16.0 Å². The number of aromatic nitrogens is 2. The Labute approximate surface area is 166 Å². The number of carbonyl (C=O) groups excluding carboxylic acids is 2. The number of carbonyl (C=O) groups is 2. The minimum atomic E-state index is -0.487. The highest BCUT2D eigenvalue weighted by atomic mass is 16.6. The van der Waals surface area contributed by atoms with Gasteiger partial charge in [0.05, 0.1) is 18.0 Å². The Morgan fingerprint density at radius 1 is 1.18 bits per heavy atom. The van der Waals surface area contributed by atoms with Crippen LogP contribution in [0.25, 0.3) is 5.57 Å². The van der Waals surface area contributed by atoms with Gasteiger partial charge in [-0.15, -0.1) is 0 Å². The molecular formula is C21H29N3O4. The largest absolute Gasteiger partial charge is 0.462 e. The molecule has 3 rings (SSSR count). The first-order chi connectivity index (χ1) is 13.1. The average molecular weight is 387 g/mol. The Balaban J connectivity index is 1.73. The third kappa shape index (κ3) is 4.18. The molecule has 0 bridgehead atoms. The molecule has 0 saturated carbocycles. The third-order valence-corrected chi connectivity index (χ3v) is 5.08. The molecule has 2 unspecified atom stereocenters. The second-order valence-corrected chi connectivity index (χ2v) is 8.52. The molecule has 7 nitrogen and oxygen atoms in total. The van der Waals surface area contributed by atoms with E-state index in [1.165, 1.54) is 0 Å². The summed E-state index contributed by atoms with van der Waals surface area (Å²) in [5.41, 5.74) is 2.31. The van der Waals surface area contributed by atoms with Crippen LogP contribution in [-0.4, -0.2) is 52.2 Å². The first-order valence-electron chi connectivity index (χ1n) is 9.80. The fourth-order valence-corrected chi connectivity index (χ4v) is 3.91. The van der Waals surface area contributed by atoms with Crippen molar-refractivity contribution in [2.75, 3.05) is 19.7 Å². The number of hydrogen-bond acceptors (Lipinski definition) is 6. The lowest BCUT2D eigenvalue weighted by Gasteiger charge is -2.24. The van der Waals surface area contributed by atoms with Crippen LogP contribution in [0.5, 0.6) is 0 Å². The molecule has 28 heavy (non-hydrogen) atoms. The molecule has 1 amide bonds. The maximum atomic E-state index is 12.3. The van der Waals surface area contributed by atoms with Gasteiger partial charge >= 0.3 is 12.1 Å². The van der Waals surface area contributed by atoms with Gasteiger partial charge in [-0.3, -0.25) is 0 Å². The van der Waals surface area contributed by atoms with Crippen LogP contribution in [-0.2, 0) is 9.47 Å². The van der Waals surface area contributed by atoms with Gasteiger partial charge in [-0.2, -0.15) is 0 Å². The van der Waals surface area contributed by atoms with E-state index in [1.54, 1.807) is 11.8 Å². The summed E-state index contributed by atoms with van der Waals surface area (Å²) in [6, 6.07) is 0. The van der Waals surface area contributed by atoms with Crippen LogP contribution in [0.4, 0.5) is 4.79 Å². The second-order valence-electron chi connectivity index (χ2n) is 8.52. The Morgan fingerprint density at radius 3 is 2.36 bits per heavy atom. The molecule has 1 saturated heterocycles. The van der Waals surface area contributed by atoms with Crippen molar-refractivity contribution in [2.24, 2.45) is 11.8 Å². The van der Waals surface area contributed by atoms with Crippen molar-refractivity contribution >= 4 is 17.6 Å². The van der Waals surface area contributed by atoms with E-state index in [4.69, 9.17) is 9.47 Å². The number of likely N-dealkylation sites (tertiary alicyclic amines) is 1. The van der Waals surface area contributed by atoms with Crippen LogP contribution < -0.4 is 0 Å². The van der Waals surface area contributed by atoms with Crippen molar-refractivity contribution in [1.82, 2.24) is 14.9 Å². The summed E-state index contributed by atoms with van der Waals surface area (Å²) in [4.78, 5) is 35.3. The van der Waals surface area contributed by atoms with E-state index in [0.717, 1.165) is 12.0 Å². The molecule has 1 fully saturated rings. The van der Waals surface area contributed by atoms with E-state index in [1.807, 2.05) is 34.6 Å². The van der Waals surface area contributed by atoms with Crippen molar-refractivity contribution in [3.63, 3.8) is 0 Å². The lowest BCUT2D eigenvalue weighted by Crippen LogP contribution is -2.35. The highest BCUT2D eigenvalue weighted by molar-refractivity contribution is 5.91. The van der Waals surface area contributed by atoms with Gasteiger partial charge in [0.2, 0.25) is 0 Å². The van der Waals surface area contributed by atoms with E-state index in [0.29, 0.717) is 48.4 Å². The van der Waals surface area contributed by atoms with Crippen molar-refractivity contribution in [1.29, 1.82) is 0 Å². The van der Waals surface area contributed by atoms with E-state index >= 15 is 0 Å². The van der Waals surface area contributed by atoms with Crippen LogP contribution in [0, 0.1) is 25.7 Å². The molecule has 152 valence electrons. The maximum Gasteiger partial charge on any atom is 0.410 e. The number of ether oxygens (including phenoxy) is 2. The molecule has 7 heteroatoms. The number of amides is 1. The monoisotopic (exact) mass is 387 g/mol. The quantitative estimate of drug-likeness (QED) is 0.738. The Hall–Kier alpha value is -2.44. The summed E-state index contributed by atoms with van der Waals surface area (Å²) in [5.74, 6) is 0.934. The van der Waals surface area contributed by atoms with Crippen LogP contribution in [0.2, 0.25) is 0 Å². The lowest BCUT2D eigenvalue weighted by molar-refractivity contribution is 0.0285. The average Bonchev–Trinajstić information content (AvgIpc) is 3.11. The molecular weight excluding hydrogens is 358 g/mol. The maximum absolute atomic E-state index is 12.3. The van der Waals surface area contributed by atoms with Gasteiger partial charge in [-0.05, 0) is 59.5 Å². The summed E-state index contributed by atoms with van der Waals surface area (Å²) in [7, 11) is 0. The number of nitrogens with zero attached hydrogens (tertiary/aromatic N) is 3. The number of hydrogen-bond donors (Lipinski definition) is 0. The van der Waals surface area contributed by atoms with Crippen molar-refractivity contribution in [3.8, 4) is 0 Å². The Morgan fingerprint density at radius 2 is 1.82 bits per heavy atom. The van der Waals surface area contributed by atoms with Crippen molar-refractivity contribution in [2.45, 2.75) is 53.6 Å². The second kappa shape index (κ2) is 7.53. The predicted molar refractivity (Wildman–Crippen MR) is 105 cm³/mol. The fraction of sp³-hybridized carbons (Fsp3) is 0.619. The molecule has 2 atom stereocenters. The number of aryl methyl sites for hydroxylation is 2. The van der Waals surface area contributed by atoms with Crippen molar-refractivity contribution < 1.29 is 19.1 Å². The van der Waals surface area contributed by atoms with Crippen LogP contribution in [0.1, 0.15) is 61.7 Å². The topological polar surface area (TPSA) is 81.6 Å². The number of esters is 1. The van der Waals surface area contributed by atoms with E-state index in [-0.39, 0.29) is 18.0 Å². The van der Waals surface area contributed by atoms with Gasteiger partial charge in [-0.1, -0.05) is 6.08 Å². The number of rotatable bonds is 3. The molecule has 1 aromatic heterocycles. The highest BCUT2D eigenvalue weighted by Crippen LogP contribution is 2.40. The van der Waals surface area contributed by atoms with Crippen LogP contribution in [0.3, 0.4) is 0 Å². The zero-order valence-corrected chi connectivity index (χ0v) is 17.5. The fourth-order valence-electron chi connectivity index (χ4n) is 3.91. The molecule has 1 aromatic rings. The molecule has 0 spiro atoms. The van der Waals surface area contributed by atoms with Gasteiger partial charge < -0.3 is 14.4 Å². The van der Waals surface area contributed by atoms with Gasteiger partial charge in [0, 0.05) is 19.0 Å². The predicted octanol–water partition coefficient (Wildman–Crippen LogP) is 3.54. The minimum absolute atomic E-state index is 0.251. The summed E-state index contributed by atoms with van der Waals surface area (Å²) in [6.45, 7) is 12.7. The minimum Gasteiger partial charge on any atom is -0.462 e. The molecule has 2 aliphatic rings. The van der Waals surface area contributed by atoms with Gasteiger partial charge in [0.15, 0.2) is 5.82 Å². The smallest absolute Gasteiger partial charge is 0.410 e. The van der Waals surface area contributed by atoms with E-state index in [9.17, 15) is 9.59 Å². The van der Waals surface area contributed by atoms with E-state index < -0.39 is 5.60 Å². The highest BCUT2D eigenvalue weighted by Gasteiger charge is 2.40. The third-order valence-electron chi connectivity index (χ3n) is 5.08. The Kier molecular flexibility index (Phi) is 5.46. The normalized spacial score (nSPS) is 21.4.